The number of benzene rings is 2. The van der Waals surface area contributed by atoms with E-state index in [0.717, 1.165) is 11.1 Å². The quantitative estimate of drug-likeness (QED) is 0.475. The Kier molecular flexibility index (Phi) is 4.10. The Balaban J connectivity index is 2.12. The number of aldehydes is 1. The lowest BCUT2D eigenvalue weighted by atomic mass is 10.1. The number of nitrogens with zero attached hydrogens (tertiary/aromatic N) is 1. The number of hydrogen-bond acceptors (Lipinski definition) is 4. The third-order valence-corrected chi connectivity index (χ3v) is 2.85. The minimum atomic E-state index is -0.590. The number of nitro benzene ring substituents is 1. The summed E-state index contributed by atoms with van der Waals surface area (Å²) in [4.78, 5) is 21.0. The summed E-state index contributed by atoms with van der Waals surface area (Å²) in [6.07, 6.45) is 0.455. The van der Waals surface area contributed by atoms with E-state index in [1.165, 1.54) is 18.2 Å². The number of aryl methyl sites for hydroxylation is 1. The normalized spacial score (nSPS) is 10.1. The van der Waals surface area contributed by atoms with Gasteiger partial charge in [-0.1, -0.05) is 29.8 Å². The molecule has 0 aliphatic carbocycles. The van der Waals surface area contributed by atoms with Gasteiger partial charge in [0.15, 0.2) is 6.29 Å². The highest BCUT2D eigenvalue weighted by Gasteiger charge is 2.13. The third-order valence-electron chi connectivity index (χ3n) is 2.85. The van der Waals surface area contributed by atoms with E-state index in [9.17, 15) is 14.9 Å². The smallest absolute Gasteiger partial charge is 0.280 e. The summed E-state index contributed by atoms with van der Waals surface area (Å²) >= 11 is 0. The number of carbonyl (C=O) groups excluding carboxylic acids is 1. The van der Waals surface area contributed by atoms with Crippen LogP contribution in [0.4, 0.5) is 5.69 Å². The largest absolute Gasteiger partial charge is 0.489 e. The van der Waals surface area contributed by atoms with Gasteiger partial charge in [0.1, 0.15) is 12.4 Å². The molecule has 0 amide bonds. The van der Waals surface area contributed by atoms with Crippen molar-refractivity contribution in [3.63, 3.8) is 0 Å². The Morgan fingerprint density at radius 1 is 1.20 bits per heavy atom. The van der Waals surface area contributed by atoms with Gasteiger partial charge in [0, 0.05) is 6.07 Å². The minimum absolute atomic E-state index is 0.0106. The molecule has 2 rings (SSSR count). The van der Waals surface area contributed by atoms with Crippen LogP contribution in [0.25, 0.3) is 0 Å². The number of nitro groups is 1. The lowest BCUT2D eigenvalue weighted by molar-refractivity contribution is -0.385. The molecule has 20 heavy (non-hydrogen) atoms. The van der Waals surface area contributed by atoms with Gasteiger partial charge in [0.05, 0.1) is 10.5 Å². The molecule has 5 nitrogen and oxygen atoms in total. The minimum Gasteiger partial charge on any atom is -0.489 e. The van der Waals surface area contributed by atoms with Crippen molar-refractivity contribution in [2.24, 2.45) is 0 Å². The summed E-state index contributed by atoms with van der Waals surface area (Å²) in [7, 11) is 0. The van der Waals surface area contributed by atoms with Crippen LogP contribution in [0.1, 0.15) is 21.5 Å². The monoisotopic (exact) mass is 271 g/mol. The summed E-state index contributed by atoms with van der Waals surface area (Å²) in [6, 6.07) is 12.0. The number of hydrogen-bond donors (Lipinski definition) is 0. The van der Waals surface area contributed by atoms with Crippen LogP contribution >= 0.6 is 0 Å². The maximum absolute atomic E-state index is 10.8. The first-order valence-corrected chi connectivity index (χ1v) is 6.02. The lowest BCUT2D eigenvalue weighted by Gasteiger charge is -2.07. The van der Waals surface area contributed by atoms with Crippen molar-refractivity contribution < 1.29 is 14.5 Å². The third kappa shape index (κ3) is 3.20. The second-order valence-electron chi connectivity index (χ2n) is 4.37. The molecule has 0 aliphatic heterocycles. The molecule has 0 radical (unpaired) electrons. The second-order valence-corrected chi connectivity index (χ2v) is 4.37. The molecular weight excluding hydrogens is 258 g/mol. The molecule has 5 heteroatoms. The van der Waals surface area contributed by atoms with Crippen molar-refractivity contribution in [1.29, 1.82) is 0 Å². The maximum atomic E-state index is 10.8. The first-order valence-electron chi connectivity index (χ1n) is 6.02. The van der Waals surface area contributed by atoms with Crippen LogP contribution in [0.5, 0.6) is 5.75 Å². The Bertz CT molecular complexity index is 635. The Labute approximate surface area is 116 Å². The fraction of sp³-hybridized carbons (Fsp3) is 0.133. The molecule has 0 bridgehead atoms. The molecule has 0 aromatic heterocycles. The van der Waals surface area contributed by atoms with Gasteiger partial charge in [-0.2, -0.15) is 0 Å². The van der Waals surface area contributed by atoms with Crippen molar-refractivity contribution in [1.82, 2.24) is 0 Å². The van der Waals surface area contributed by atoms with Crippen LogP contribution in [-0.4, -0.2) is 11.2 Å². The van der Waals surface area contributed by atoms with Gasteiger partial charge in [-0.15, -0.1) is 0 Å². The zero-order valence-electron chi connectivity index (χ0n) is 10.9. The van der Waals surface area contributed by atoms with E-state index in [4.69, 9.17) is 4.74 Å². The topological polar surface area (TPSA) is 69.4 Å². The molecule has 0 saturated carbocycles. The number of ether oxygens (including phenoxy) is 1. The number of rotatable bonds is 5. The van der Waals surface area contributed by atoms with E-state index >= 15 is 0 Å². The van der Waals surface area contributed by atoms with Gasteiger partial charge in [0.2, 0.25) is 0 Å². The van der Waals surface area contributed by atoms with Crippen LogP contribution < -0.4 is 4.74 Å². The number of carbonyl (C=O) groups is 1. The first kappa shape index (κ1) is 13.7. The fourth-order valence-electron chi connectivity index (χ4n) is 1.73. The van der Waals surface area contributed by atoms with E-state index < -0.39 is 4.92 Å². The predicted molar refractivity (Wildman–Crippen MR) is 74.0 cm³/mol. The molecule has 2 aromatic rings. The van der Waals surface area contributed by atoms with Gasteiger partial charge in [-0.05, 0) is 24.6 Å². The van der Waals surface area contributed by atoms with Crippen molar-refractivity contribution in [3.8, 4) is 5.75 Å². The molecular formula is C15H13NO4. The maximum Gasteiger partial charge on any atom is 0.280 e. The summed E-state index contributed by atoms with van der Waals surface area (Å²) in [5.74, 6) is 0.429. The molecule has 0 aliphatic rings. The van der Waals surface area contributed by atoms with Crippen LogP contribution in [0, 0.1) is 17.0 Å². The van der Waals surface area contributed by atoms with E-state index in [1.807, 2.05) is 31.2 Å². The summed E-state index contributed by atoms with van der Waals surface area (Å²) in [6.45, 7) is 2.34. The van der Waals surface area contributed by atoms with Crippen LogP contribution in [0.3, 0.4) is 0 Å². The molecule has 0 unspecified atom stereocenters. The predicted octanol–water partition coefficient (Wildman–Crippen LogP) is 3.29. The Morgan fingerprint density at radius 2 is 1.90 bits per heavy atom. The van der Waals surface area contributed by atoms with E-state index in [2.05, 4.69) is 0 Å². The summed E-state index contributed by atoms with van der Waals surface area (Å²) in [5, 5.41) is 10.7. The molecule has 0 N–H and O–H groups in total. The highest BCUT2D eigenvalue weighted by Crippen LogP contribution is 2.23. The van der Waals surface area contributed by atoms with Crippen LogP contribution in [-0.2, 0) is 6.61 Å². The molecule has 0 spiro atoms. The van der Waals surface area contributed by atoms with E-state index in [-0.39, 0.29) is 11.3 Å². The van der Waals surface area contributed by atoms with Crippen molar-refractivity contribution in [2.75, 3.05) is 0 Å². The molecule has 0 fully saturated rings. The highest BCUT2D eigenvalue weighted by molar-refractivity contribution is 5.82. The van der Waals surface area contributed by atoms with Gasteiger partial charge in [-0.3, -0.25) is 14.9 Å². The molecule has 102 valence electrons. The van der Waals surface area contributed by atoms with Crippen LogP contribution in [0.15, 0.2) is 42.5 Å². The Morgan fingerprint density at radius 3 is 2.50 bits per heavy atom. The average Bonchev–Trinajstić information content (AvgIpc) is 2.46. The summed E-state index contributed by atoms with van der Waals surface area (Å²) < 4.78 is 5.53. The lowest BCUT2D eigenvalue weighted by Crippen LogP contribution is -1.98. The van der Waals surface area contributed by atoms with Gasteiger partial charge >= 0.3 is 0 Å². The summed E-state index contributed by atoms with van der Waals surface area (Å²) in [5.41, 5.74) is 1.94. The molecule has 0 saturated heterocycles. The van der Waals surface area contributed by atoms with Gasteiger partial charge in [0.25, 0.3) is 5.69 Å². The van der Waals surface area contributed by atoms with Crippen molar-refractivity contribution >= 4 is 12.0 Å². The fourth-order valence-corrected chi connectivity index (χ4v) is 1.73. The molecule has 0 atom stereocenters. The van der Waals surface area contributed by atoms with Gasteiger partial charge in [-0.25, -0.2) is 0 Å². The molecule has 2 aromatic carbocycles. The zero-order valence-corrected chi connectivity index (χ0v) is 10.9. The van der Waals surface area contributed by atoms with E-state index in [1.54, 1.807) is 0 Å². The van der Waals surface area contributed by atoms with Crippen LogP contribution in [0.2, 0.25) is 0 Å². The SMILES string of the molecule is Cc1ccc(COc2ccc([N+](=O)[O-])c(C=O)c2)cc1. The Hall–Kier alpha value is -2.69. The van der Waals surface area contributed by atoms with E-state index in [0.29, 0.717) is 18.6 Å². The average molecular weight is 271 g/mol. The van der Waals surface area contributed by atoms with Gasteiger partial charge < -0.3 is 4.74 Å². The van der Waals surface area contributed by atoms with Crippen molar-refractivity contribution in [2.45, 2.75) is 13.5 Å². The standard InChI is InChI=1S/C15H13NO4/c1-11-2-4-12(5-3-11)10-20-14-6-7-15(16(18)19)13(8-14)9-17/h2-9H,10H2,1H3. The zero-order chi connectivity index (χ0) is 14.5. The molecule has 0 heterocycles. The van der Waals surface area contributed by atoms with Crippen molar-refractivity contribution in [3.05, 3.63) is 69.3 Å². The second kappa shape index (κ2) is 5.97. The highest BCUT2D eigenvalue weighted by atomic mass is 16.6. The first-order chi connectivity index (χ1) is 9.60.